The SMILES string of the molecule is O=C1C(=O)N(CN2CCC(c3nc4ccccc4s3)CC2)c2ccc(F)cc21. The number of rotatable bonds is 3. The number of carbonyl (C=O) groups is 2. The van der Waals surface area contributed by atoms with E-state index in [0.717, 1.165) is 37.5 Å². The summed E-state index contributed by atoms with van der Waals surface area (Å²) < 4.78 is 14.6. The third-order valence-electron chi connectivity index (χ3n) is 5.52. The number of halogens is 1. The summed E-state index contributed by atoms with van der Waals surface area (Å²) in [5, 5.41) is 1.18. The minimum Gasteiger partial charge on any atom is -0.291 e. The average molecular weight is 395 g/mol. The molecule has 0 bridgehead atoms. The molecule has 0 atom stereocenters. The Balaban J connectivity index is 1.28. The Kier molecular flexibility index (Phi) is 4.21. The minimum atomic E-state index is -0.626. The molecule has 0 N–H and O–H groups in total. The molecule has 0 saturated carbocycles. The standard InChI is InChI=1S/C21H18FN3O2S/c22-14-5-6-17-15(11-14)19(26)21(27)25(17)12-24-9-7-13(8-10-24)20-23-16-3-1-2-4-18(16)28-20/h1-6,11,13H,7-10,12H2. The van der Waals surface area contributed by atoms with Crippen molar-refractivity contribution in [3.05, 3.63) is 58.9 Å². The Morgan fingerprint density at radius 1 is 1.11 bits per heavy atom. The second-order valence-corrected chi connectivity index (χ2v) is 8.34. The number of nitrogens with zero attached hydrogens (tertiary/aromatic N) is 3. The number of fused-ring (bicyclic) bond motifs is 2. The molecule has 0 spiro atoms. The van der Waals surface area contributed by atoms with Gasteiger partial charge >= 0.3 is 5.91 Å². The third-order valence-corrected chi connectivity index (χ3v) is 6.72. The number of aromatic nitrogens is 1. The zero-order chi connectivity index (χ0) is 19.3. The number of hydrogen-bond donors (Lipinski definition) is 0. The van der Waals surface area contributed by atoms with Crippen LogP contribution in [0.25, 0.3) is 10.2 Å². The van der Waals surface area contributed by atoms with Gasteiger partial charge in [-0.05, 0) is 43.2 Å². The topological polar surface area (TPSA) is 53.5 Å². The summed E-state index contributed by atoms with van der Waals surface area (Å²) in [5.41, 5.74) is 1.72. The fraction of sp³-hybridized carbons (Fsp3) is 0.286. The van der Waals surface area contributed by atoms with Gasteiger partial charge in [-0.25, -0.2) is 9.37 Å². The van der Waals surface area contributed by atoms with E-state index >= 15 is 0 Å². The number of para-hydroxylation sites is 1. The summed E-state index contributed by atoms with van der Waals surface area (Å²) in [6, 6.07) is 12.1. The van der Waals surface area contributed by atoms with Crippen molar-refractivity contribution in [3.63, 3.8) is 0 Å². The Hall–Kier alpha value is -2.64. The molecule has 1 amide bonds. The summed E-state index contributed by atoms with van der Waals surface area (Å²) >= 11 is 1.76. The lowest BCUT2D eigenvalue weighted by Crippen LogP contribution is -2.44. The van der Waals surface area contributed by atoms with Gasteiger partial charge in [-0.3, -0.25) is 19.4 Å². The van der Waals surface area contributed by atoms with Crippen LogP contribution in [-0.2, 0) is 4.79 Å². The van der Waals surface area contributed by atoms with Gasteiger partial charge in [0.25, 0.3) is 5.78 Å². The van der Waals surface area contributed by atoms with Crippen molar-refractivity contribution < 1.29 is 14.0 Å². The van der Waals surface area contributed by atoms with Gasteiger partial charge in [0.15, 0.2) is 0 Å². The normalized spacial score (nSPS) is 18.2. The molecular formula is C21H18FN3O2S. The van der Waals surface area contributed by atoms with Crippen LogP contribution < -0.4 is 4.90 Å². The number of benzene rings is 2. The minimum absolute atomic E-state index is 0.161. The number of piperidine rings is 1. The molecule has 2 aliphatic heterocycles. The first kappa shape index (κ1) is 17.5. The van der Waals surface area contributed by atoms with Crippen LogP contribution in [0.3, 0.4) is 0 Å². The zero-order valence-corrected chi connectivity index (χ0v) is 15.9. The molecule has 2 aromatic carbocycles. The van der Waals surface area contributed by atoms with Gasteiger partial charge < -0.3 is 0 Å². The molecule has 0 unspecified atom stereocenters. The van der Waals surface area contributed by atoms with Crippen molar-refractivity contribution in [2.45, 2.75) is 18.8 Å². The van der Waals surface area contributed by atoms with E-state index in [2.05, 4.69) is 11.0 Å². The predicted octanol–water partition coefficient (Wildman–Crippen LogP) is 3.80. The summed E-state index contributed by atoms with van der Waals surface area (Å²) in [6.45, 7) is 2.01. The van der Waals surface area contributed by atoms with Crippen LogP contribution >= 0.6 is 11.3 Å². The van der Waals surface area contributed by atoms with Crippen molar-refractivity contribution >= 4 is 38.9 Å². The van der Waals surface area contributed by atoms with Crippen LogP contribution in [-0.4, -0.2) is 41.3 Å². The monoisotopic (exact) mass is 395 g/mol. The van der Waals surface area contributed by atoms with Gasteiger partial charge in [-0.2, -0.15) is 0 Å². The molecule has 2 aliphatic rings. The smallest absolute Gasteiger partial charge is 0.291 e. The molecule has 28 heavy (non-hydrogen) atoms. The molecule has 1 saturated heterocycles. The summed E-state index contributed by atoms with van der Waals surface area (Å²) in [4.78, 5) is 32.9. The predicted molar refractivity (Wildman–Crippen MR) is 106 cm³/mol. The Bertz CT molecular complexity index is 1060. The molecule has 3 heterocycles. The van der Waals surface area contributed by atoms with E-state index in [1.807, 2.05) is 18.2 Å². The maximum absolute atomic E-state index is 13.4. The van der Waals surface area contributed by atoms with Crippen LogP contribution in [0.5, 0.6) is 0 Å². The van der Waals surface area contributed by atoms with Crippen molar-refractivity contribution in [1.29, 1.82) is 0 Å². The molecule has 3 aromatic rings. The highest BCUT2D eigenvalue weighted by Crippen LogP contribution is 2.35. The largest absolute Gasteiger partial charge is 0.300 e. The molecule has 1 aromatic heterocycles. The Labute approximate surface area is 165 Å². The van der Waals surface area contributed by atoms with Crippen LogP contribution in [0.4, 0.5) is 10.1 Å². The van der Waals surface area contributed by atoms with Gasteiger partial charge in [0.1, 0.15) is 5.82 Å². The molecule has 5 nitrogen and oxygen atoms in total. The number of amides is 1. The van der Waals surface area contributed by atoms with Crippen LogP contribution in [0.2, 0.25) is 0 Å². The van der Waals surface area contributed by atoms with E-state index < -0.39 is 17.5 Å². The quantitative estimate of drug-likeness (QED) is 0.633. The average Bonchev–Trinajstić information content (AvgIpc) is 3.24. The molecule has 142 valence electrons. The van der Waals surface area contributed by atoms with E-state index in [1.165, 1.54) is 26.7 Å². The number of ketones is 1. The molecule has 7 heteroatoms. The second kappa shape index (κ2) is 6.76. The fourth-order valence-corrected chi connectivity index (χ4v) is 5.14. The molecule has 1 fully saturated rings. The summed E-state index contributed by atoms with van der Waals surface area (Å²) in [5.74, 6) is -1.28. The number of thiazole rings is 1. The highest BCUT2D eigenvalue weighted by Gasteiger charge is 2.37. The van der Waals surface area contributed by atoms with Crippen LogP contribution in [0.15, 0.2) is 42.5 Å². The van der Waals surface area contributed by atoms with Gasteiger partial charge in [-0.15, -0.1) is 11.3 Å². The number of Topliss-reactive ketones (excluding diaryl/α,β-unsaturated/α-hetero) is 1. The molecule has 5 rings (SSSR count). The number of hydrogen-bond acceptors (Lipinski definition) is 5. The van der Waals surface area contributed by atoms with Crippen LogP contribution in [0.1, 0.15) is 34.1 Å². The third kappa shape index (κ3) is 2.91. The number of anilines is 1. The van der Waals surface area contributed by atoms with Crippen molar-refractivity contribution in [2.24, 2.45) is 0 Å². The summed E-state index contributed by atoms with van der Waals surface area (Å²) in [6.07, 6.45) is 1.93. The highest BCUT2D eigenvalue weighted by molar-refractivity contribution is 7.18. The second-order valence-electron chi connectivity index (χ2n) is 7.28. The van der Waals surface area contributed by atoms with Crippen LogP contribution in [0, 0.1) is 5.82 Å². The Morgan fingerprint density at radius 2 is 1.89 bits per heavy atom. The highest BCUT2D eigenvalue weighted by atomic mass is 32.1. The van der Waals surface area contributed by atoms with E-state index in [0.29, 0.717) is 18.3 Å². The first-order chi connectivity index (χ1) is 13.6. The molecular weight excluding hydrogens is 377 g/mol. The van der Waals surface area contributed by atoms with E-state index in [1.54, 1.807) is 11.3 Å². The number of carbonyl (C=O) groups excluding carboxylic acids is 2. The van der Waals surface area contributed by atoms with E-state index in [4.69, 9.17) is 4.98 Å². The van der Waals surface area contributed by atoms with Crippen molar-refractivity contribution in [3.8, 4) is 0 Å². The van der Waals surface area contributed by atoms with Gasteiger partial charge in [0.05, 0.1) is 33.1 Å². The lowest BCUT2D eigenvalue weighted by molar-refractivity contribution is -0.114. The Morgan fingerprint density at radius 3 is 2.68 bits per heavy atom. The van der Waals surface area contributed by atoms with E-state index in [-0.39, 0.29) is 5.56 Å². The summed E-state index contributed by atoms with van der Waals surface area (Å²) in [7, 11) is 0. The van der Waals surface area contributed by atoms with Gasteiger partial charge in [0.2, 0.25) is 0 Å². The maximum atomic E-state index is 13.4. The fourth-order valence-electron chi connectivity index (χ4n) is 4.00. The lowest BCUT2D eigenvalue weighted by Gasteiger charge is -2.33. The van der Waals surface area contributed by atoms with Crippen molar-refractivity contribution in [1.82, 2.24) is 9.88 Å². The maximum Gasteiger partial charge on any atom is 0.300 e. The van der Waals surface area contributed by atoms with E-state index in [9.17, 15) is 14.0 Å². The number of likely N-dealkylation sites (tertiary alicyclic amines) is 1. The molecule has 0 aliphatic carbocycles. The first-order valence-corrected chi connectivity index (χ1v) is 10.2. The molecule has 0 radical (unpaired) electrons. The first-order valence-electron chi connectivity index (χ1n) is 9.34. The lowest BCUT2D eigenvalue weighted by atomic mass is 9.98. The van der Waals surface area contributed by atoms with Gasteiger partial charge in [0, 0.05) is 19.0 Å². The van der Waals surface area contributed by atoms with Gasteiger partial charge in [-0.1, -0.05) is 12.1 Å². The van der Waals surface area contributed by atoms with Crippen molar-refractivity contribution in [2.75, 3.05) is 24.7 Å². The zero-order valence-electron chi connectivity index (χ0n) is 15.1.